The molecule has 0 amide bonds. The number of pyridine rings is 1. The van der Waals surface area contributed by atoms with Crippen molar-refractivity contribution in [2.24, 2.45) is 5.73 Å². The van der Waals surface area contributed by atoms with E-state index in [1.165, 1.54) is 0 Å². The second kappa shape index (κ2) is 5.80. The SMILES string of the molecule is NC(COc1ccccc1Br)c1cccnc1. The Labute approximate surface area is 109 Å². The van der Waals surface area contributed by atoms with Crippen LogP contribution in [0.1, 0.15) is 11.6 Å². The smallest absolute Gasteiger partial charge is 0.133 e. The van der Waals surface area contributed by atoms with Gasteiger partial charge in [0, 0.05) is 12.4 Å². The molecule has 3 nitrogen and oxygen atoms in total. The van der Waals surface area contributed by atoms with Crippen molar-refractivity contribution < 1.29 is 4.74 Å². The lowest BCUT2D eigenvalue weighted by atomic mass is 10.1. The Morgan fingerprint density at radius 2 is 2.06 bits per heavy atom. The largest absolute Gasteiger partial charge is 0.490 e. The van der Waals surface area contributed by atoms with E-state index in [9.17, 15) is 0 Å². The highest BCUT2D eigenvalue weighted by Crippen LogP contribution is 2.24. The van der Waals surface area contributed by atoms with E-state index in [1.54, 1.807) is 12.4 Å². The van der Waals surface area contributed by atoms with E-state index >= 15 is 0 Å². The van der Waals surface area contributed by atoms with E-state index in [2.05, 4.69) is 20.9 Å². The number of benzene rings is 1. The van der Waals surface area contributed by atoms with Crippen LogP contribution >= 0.6 is 15.9 Å². The van der Waals surface area contributed by atoms with Gasteiger partial charge in [-0.3, -0.25) is 4.98 Å². The molecule has 0 saturated carbocycles. The summed E-state index contributed by atoms with van der Waals surface area (Å²) in [7, 11) is 0. The highest BCUT2D eigenvalue weighted by atomic mass is 79.9. The molecule has 1 atom stereocenters. The van der Waals surface area contributed by atoms with Crippen molar-refractivity contribution in [2.75, 3.05) is 6.61 Å². The Kier molecular flexibility index (Phi) is 4.12. The molecule has 0 spiro atoms. The van der Waals surface area contributed by atoms with Crippen LogP contribution in [0.3, 0.4) is 0 Å². The molecule has 4 heteroatoms. The second-order valence-electron chi connectivity index (χ2n) is 3.63. The Bertz CT molecular complexity index is 476. The van der Waals surface area contributed by atoms with Crippen LogP contribution in [0.5, 0.6) is 5.75 Å². The summed E-state index contributed by atoms with van der Waals surface area (Å²) < 4.78 is 6.58. The topological polar surface area (TPSA) is 48.1 Å². The fourth-order valence-corrected chi connectivity index (χ4v) is 1.83. The Hall–Kier alpha value is -1.39. The van der Waals surface area contributed by atoms with E-state index in [4.69, 9.17) is 10.5 Å². The van der Waals surface area contributed by atoms with E-state index in [-0.39, 0.29) is 6.04 Å². The van der Waals surface area contributed by atoms with Crippen LogP contribution < -0.4 is 10.5 Å². The molecule has 0 aliphatic carbocycles. The van der Waals surface area contributed by atoms with Crippen LogP contribution in [0.15, 0.2) is 53.3 Å². The van der Waals surface area contributed by atoms with E-state index in [0.717, 1.165) is 15.8 Å². The third-order valence-electron chi connectivity index (χ3n) is 2.37. The normalized spacial score (nSPS) is 12.1. The average Bonchev–Trinajstić information content (AvgIpc) is 2.38. The number of nitrogens with two attached hydrogens (primary N) is 1. The maximum Gasteiger partial charge on any atom is 0.133 e. The van der Waals surface area contributed by atoms with Crippen LogP contribution in [-0.4, -0.2) is 11.6 Å². The number of halogens is 1. The molecule has 0 aliphatic rings. The molecule has 1 heterocycles. The van der Waals surface area contributed by atoms with Gasteiger partial charge in [0.05, 0.1) is 10.5 Å². The lowest BCUT2D eigenvalue weighted by Crippen LogP contribution is -2.19. The summed E-state index contributed by atoms with van der Waals surface area (Å²) in [5.74, 6) is 0.798. The van der Waals surface area contributed by atoms with Crippen LogP contribution in [-0.2, 0) is 0 Å². The summed E-state index contributed by atoms with van der Waals surface area (Å²) in [6.07, 6.45) is 3.49. The highest BCUT2D eigenvalue weighted by Gasteiger charge is 2.07. The van der Waals surface area contributed by atoms with Crippen molar-refractivity contribution in [3.8, 4) is 5.75 Å². The molecule has 1 aromatic carbocycles. The zero-order valence-corrected chi connectivity index (χ0v) is 10.8. The van der Waals surface area contributed by atoms with Gasteiger partial charge in [-0.05, 0) is 39.7 Å². The Balaban J connectivity index is 1.97. The fourth-order valence-electron chi connectivity index (χ4n) is 1.43. The van der Waals surface area contributed by atoms with Gasteiger partial charge in [0.25, 0.3) is 0 Å². The first-order valence-electron chi connectivity index (χ1n) is 5.30. The molecular weight excluding hydrogens is 280 g/mol. The monoisotopic (exact) mass is 292 g/mol. The number of para-hydroxylation sites is 1. The standard InChI is InChI=1S/C13H13BrN2O/c14-11-5-1-2-6-13(11)17-9-12(15)10-4-3-7-16-8-10/h1-8,12H,9,15H2. The maximum absolute atomic E-state index is 6.01. The lowest BCUT2D eigenvalue weighted by molar-refractivity contribution is 0.289. The third kappa shape index (κ3) is 3.28. The number of aromatic nitrogens is 1. The first-order chi connectivity index (χ1) is 8.27. The minimum atomic E-state index is -0.171. The Morgan fingerprint density at radius 1 is 1.24 bits per heavy atom. The summed E-state index contributed by atoms with van der Waals surface area (Å²) in [5.41, 5.74) is 6.98. The molecule has 1 aromatic heterocycles. The van der Waals surface area contributed by atoms with E-state index < -0.39 is 0 Å². The van der Waals surface area contributed by atoms with Crippen LogP contribution in [0.2, 0.25) is 0 Å². The molecule has 2 aromatic rings. The molecule has 0 radical (unpaired) electrons. The predicted molar refractivity (Wildman–Crippen MR) is 70.8 cm³/mol. The molecule has 0 fully saturated rings. The lowest BCUT2D eigenvalue weighted by Gasteiger charge is -2.13. The van der Waals surface area contributed by atoms with Gasteiger partial charge in [-0.2, -0.15) is 0 Å². The quantitative estimate of drug-likeness (QED) is 0.943. The van der Waals surface area contributed by atoms with Gasteiger partial charge in [0.15, 0.2) is 0 Å². The van der Waals surface area contributed by atoms with E-state index in [1.807, 2.05) is 36.4 Å². The van der Waals surface area contributed by atoms with Gasteiger partial charge in [0.1, 0.15) is 12.4 Å². The van der Waals surface area contributed by atoms with Crippen molar-refractivity contribution >= 4 is 15.9 Å². The van der Waals surface area contributed by atoms with Gasteiger partial charge in [0.2, 0.25) is 0 Å². The summed E-state index contributed by atoms with van der Waals surface area (Å²) in [6.45, 7) is 0.425. The zero-order valence-electron chi connectivity index (χ0n) is 9.21. The van der Waals surface area contributed by atoms with Gasteiger partial charge >= 0.3 is 0 Å². The maximum atomic E-state index is 6.01. The van der Waals surface area contributed by atoms with Crippen molar-refractivity contribution in [3.63, 3.8) is 0 Å². The molecule has 2 rings (SSSR count). The van der Waals surface area contributed by atoms with Crippen molar-refractivity contribution in [2.45, 2.75) is 6.04 Å². The minimum absolute atomic E-state index is 0.171. The number of hydrogen-bond acceptors (Lipinski definition) is 3. The summed E-state index contributed by atoms with van der Waals surface area (Å²) in [6, 6.07) is 11.4. The summed E-state index contributed by atoms with van der Waals surface area (Å²) in [5, 5.41) is 0. The minimum Gasteiger partial charge on any atom is -0.490 e. The number of hydrogen-bond donors (Lipinski definition) is 1. The molecule has 17 heavy (non-hydrogen) atoms. The molecule has 88 valence electrons. The van der Waals surface area contributed by atoms with Crippen LogP contribution in [0.4, 0.5) is 0 Å². The van der Waals surface area contributed by atoms with Crippen molar-refractivity contribution in [1.82, 2.24) is 4.98 Å². The zero-order chi connectivity index (χ0) is 12.1. The second-order valence-corrected chi connectivity index (χ2v) is 4.49. The van der Waals surface area contributed by atoms with Gasteiger partial charge in [-0.1, -0.05) is 18.2 Å². The number of nitrogens with zero attached hydrogens (tertiary/aromatic N) is 1. The van der Waals surface area contributed by atoms with Gasteiger partial charge in [-0.25, -0.2) is 0 Å². The fraction of sp³-hybridized carbons (Fsp3) is 0.154. The summed E-state index contributed by atoms with van der Waals surface area (Å²) >= 11 is 3.42. The Morgan fingerprint density at radius 3 is 2.76 bits per heavy atom. The van der Waals surface area contributed by atoms with Crippen LogP contribution in [0, 0.1) is 0 Å². The molecule has 0 saturated heterocycles. The van der Waals surface area contributed by atoms with Crippen molar-refractivity contribution in [1.29, 1.82) is 0 Å². The first kappa shape index (κ1) is 12.1. The molecule has 0 bridgehead atoms. The number of ether oxygens (including phenoxy) is 1. The van der Waals surface area contributed by atoms with Gasteiger partial charge in [-0.15, -0.1) is 0 Å². The van der Waals surface area contributed by atoms with Crippen LogP contribution in [0.25, 0.3) is 0 Å². The van der Waals surface area contributed by atoms with Gasteiger partial charge < -0.3 is 10.5 Å². The first-order valence-corrected chi connectivity index (χ1v) is 6.09. The van der Waals surface area contributed by atoms with Crippen molar-refractivity contribution in [3.05, 3.63) is 58.8 Å². The highest BCUT2D eigenvalue weighted by molar-refractivity contribution is 9.10. The molecular formula is C13H13BrN2O. The third-order valence-corrected chi connectivity index (χ3v) is 3.02. The predicted octanol–water partition coefficient (Wildman–Crippen LogP) is 2.92. The molecule has 1 unspecified atom stereocenters. The summed E-state index contributed by atoms with van der Waals surface area (Å²) in [4.78, 5) is 4.03. The van der Waals surface area contributed by atoms with E-state index in [0.29, 0.717) is 6.61 Å². The molecule has 0 aliphatic heterocycles. The molecule has 2 N–H and O–H groups in total. The number of rotatable bonds is 4. The average molecular weight is 293 g/mol.